The number of H-pyrrole nitrogens is 1. The molecule has 0 radical (unpaired) electrons. The maximum absolute atomic E-state index is 4.21. The Hall–Kier alpha value is -0.0600. The minimum atomic E-state index is 0.712. The van der Waals surface area contributed by atoms with E-state index in [0.29, 0.717) is 5.92 Å². The molecule has 0 aliphatic heterocycles. The monoisotopic (exact) mass is 262 g/mol. The number of rotatable bonds is 0. The van der Waals surface area contributed by atoms with Crippen LogP contribution in [-0.4, -0.2) is 10.2 Å². The SMILES string of the molecule is CC1CCCc2[nH]nc(I)c21. The summed E-state index contributed by atoms with van der Waals surface area (Å²) in [6.07, 6.45) is 3.82. The lowest BCUT2D eigenvalue weighted by atomic mass is 9.89. The summed E-state index contributed by atoms with van der Waals surface area (Å²) < 4.78 is 1.17. The standard InChI is InChI=1S/C8H11IN2/c1-5-3-2-4-6-7(5)8(9)11-10-6/h5H,2-4H2,1H3,(H,10,11). The quantitative estimate of drug-likeness (QED) is 0.715. The highest BCUT2D eigenvalue weighted by molar-refractivity contribution is 14.1. The maximum Gasteiger partial charge on any atom is 0.126 e. The Morgan fingerprint density at radius 1 is 1.64 bits per heavy atom. The number of hydrogen-bond acceptors (Lipinski definition) is 1. The third kappa shape index (κ3) is 1.19. The van der Waals surface area contributed by atoms with Gasteiger partial charge < -0.3 is 0 Å². The molecule has 11 heavy (non-hydrogen) atoms. The fourth-order valence-corrected chi connectivity index (χ4v) is 2.76. The van der Waals surface area contributed by atoms with Gasteiger partial charge in [-0.25, -0.2) is 0 Å². The lowest BCUT2D eigenvalue weighted by Crippen LogP contribution is -2.05. The van der Waals surface area contributed by atoms with Gasteiger partial charge in [-0.1, -0.05) is 6.92 Å². The number of aromatic amines is 1. The van der Waals surface area contributed by atoms with Crippen LogP contribution in [0.5, 0.6) is 0 Å². The van der Waals surface area contributed by atoms with Crippen molar-refractivity contribution < 1.29 is 0 Å². The lowest BCUT2D eigenvalue weighted by molar-refractivity contribution is 0.584. The number of nitrogens with one attached hydrogen (secondary N) is 1. The zero-order valence-corrected chi connectivity index (χ0v) is 8.68. The number of fused-ring (bicyclic) bond motifs is 1. The van der Waals surface area contributed by atoms with E-state index in [4.69, 9.17) is 0 Å². The summed E-state index contributed by atoms with van der Waals surface area (Å²) in [5.74, 6) is 0.712. The number of hydrogen-bond donors (Lipinski definition) is 1. The molecule has 0 aromatic carbocycles. The minimum absolute atomic E-state index is 0.712. The molecule has 1 heterocycles. The molecule has 60 valence electrons. The van der Waals surface area contributed by atoms with Gasteiger partial charge in [0.1, 0.15) is 3.70 Å². The zero-order chi connectivity index (χ0) is 7.84. The third-order valence-corrected chi connectivity index (χ3v) is 3.22. The van der Waals surface area contributed by atoms with Gasteiger partial charge in [-0.15, -0.1) is 0 Å². The van der Waals surface area contributed by atoms with Crippen molar-refractivity contribution in [3.63, 3.8) is 0 Å². The van der Waals surface area contributed by atoms with Crippen LogP contribution in [0.2, 0.25) is 0 Å². The van der Waals surface area contributed by atoms with Crippen LogP contribution in [0.4, 0.5) is 0 Å². The van der Waals surface area contributed by atoms with E-state index in [0.717, 1.165) is 0 Å². The summed E-state index contributed by atoms with van der Waals surface area (Å²) in [7, 11) is 0. The molecule has 2 nitrogen and oxygen atoms in total. The summed E-state index contributed by atoms with van der Waals surface area (Å²) in [6, 6.07) is 0. The summed E-state index contributed by atoms with van der Waals surface area (Å²) in [6.45, 7) is 2.29. The highest BCUT2D eigenvalue weighted by Crippen LogP contribution is 2.32. The molecule has 1 aliphatic rings. The molecule has 1 N–H and O–H groups in total. The highest BCUT2D eigenvalue weighted by Gasteiger charge is 2.21. The molecule has 3 heteroatoms. The van der Waals surface area contributed by atoms with E-state index < -0.39 is 0 Å². The molecular formula is C8H11IN2. The highest BCUT2D eigenvalue weighted by atomic mass is 127. The first-order valence-electron chi connectivity index (χ1n) is 4.01. The summed E-state index contributed by atoms with van der Waals surface area (Å²) in [4.78, 5) is 0. The largest absolute Gasteiger partial charge is 0.281 e. The van der Waals surface area contributed by atoms with E-state index in [9.17, 15) is 0 Å². The number of aryl methyl sites for hydroxylation is 1. The van der Waals surface area contributed by atoms with Gasteiger partial charge in [0.05, 0.1) is 0 Å². The molecule has 0 bridgehead atoms. The number of nitrogens with zero attached hydrogens (tertiary/aromatic N) is 1. The Morgan fingerprint density at radius 3 is 3.18 bits per heavy atom. The van der Waals surface area contributed by atoms with E-state index >= 15 is 0 Å². The molecule has 1 unspecified atom stereocenters. The summed E-state index contributed by atoms with van der Waals surface area (Å²) >= 11 is 2.31. The Labute approximate surface area is 79.9 Å². The van der Waals surface area contributed by atoms with Gasteiger partial charge in [0, 0.05) is 11.3 Å². The second-order valence-electron chi connectivity index (χ2n) is 3.20. The number of aromatic nitrogens is 2. The van der Waals surface area contributed by atoms with Crippen LogP contribution in [0, 0.1) is 3.70 Å². The Kier molecular flexibility index (Phi) is 1.91. The van der Waals surface area contributed by atoms with Crippen LogP contribution < -0.4 is 0 Å². The fraction of sp³-hybridized carbons (Fsp3) is 0.625. The molecule has 2 rings (SSSR count). The third-order valence-electron chi connectivity index (χ3n) is 2.39. The van der Waals surface area contributed by atoms with E-state index in [1.807, 2.05) is 0 Å². The van der Waals surface area contributed by atoms with Gasteiger partial charge in [-0.05, 0) is 47.8 Å². The minimum Gasteiger partial charge on any atom is -0.281 e. The van der Waals surface area contributed by atoms with Gasteiger partial charge in [0.25, 0.3) is 0 Å². The van der Waals surface area contributed by atoms with Crippen molar-refractivity contribution >= 4 is 22.6 Å². The van der Waals surface area contributed by atoms with Crippen molar-refractivity contribution in [1.82, 2.24) is 10.2 Å². The van der Waals surface area contributed by atoms with Gasteiger partial charge in [-0.3, -0.25) is 5.10 Å². The van der Waals surface area contributed by atoms with Crippen molar-refractivity contribution in [2.75, 3.05) is 0 Å². The van der Waals surface area contributed by atoms with Crippen LogP contribution in [0.25, 0.3) is 0 Å². The van der Waals surface area contributed by atoms with Crippen LogP contribution in [0.15, 0.2) is 0 Å². The maximum atomic E-state index is 4.21. The van der Waals surface area contributed by atoms with Crippen molar-refractivity contribution in [2.24, 2.45) is 0 Å². The average Bonchev–Trinajstić information content (AvgIpc) is 2.34. The average molecular weight is 262 g/mol. The van der Waals surface area contributed by atoms with Gasteiger partial charge in [0.2, 0.25) is 0 Å². The first-order valence-corrected chi connectivity index (χ1v) is 5.09. The van der Waals surface area contributed by atoms with Crippen LogP contribution in [0.3, 0.4) is 0 Å². The van der Waals surface area contributed by atoms with E-state index in [2.05, 4.69) is 39.7 Å². The molecule has 0 saturated carbocycles. The summed E-state index contributed by atoms with van der Waals surface area (Å²) in [5.41, 5.74) is 2.84. The van der Waals surface area contributed by atoms with Crippen LogP contribution in [0.1, 0.15) is 36.9 Å². The summed E-state index contributed by atoms with van der Waals surface area (Å²) in [5, 5.41) is 7.31. The second kappa shape index (κ2) is 2.77. The Morgan fingerprint density at radius 2 is 2.45 bits per heavy atom. The molecule has 0 spiro atoms. The first kappa shape index (κ1) is 7.58. The molecule has 1 aromatic rings. The van der Waals surface area contributed by atoms with Gasteiger partial charge in [0.15, 0.2) is 0 Å². The van der Waals surface area contributed by atoms with E-state index in [1.54, 1.807) is 0 Å². The van der Waals surface area contributed by atoms with Crippen LogP contribution in [-0.2, 0) is 6.42 Å². The second-order valence-corrected chi connectivity index (χ2v) is 4.22. The van der Waals surface area contributed by atoms with Gasteiger partial charge >= 0.3 is 0 Å². The molecule has 0 amide bonds. The molecule has 0 saturated heterocycles. The normalized spacial score (nSPS) is 23.3. The molecule has 1 aromatic heterocycles. The van der Waals surface area contributed by atoms with E-state index in [-0.39, 0.29) is 0 Å². The number of halogens is 1. The van der Waals surface area contributed by atoms with Crippen molar-refractivity contribution in [2.45, 2.75) is 32.1 Å². The fourth-order valence-electron chi connectivity index (χ4n) is 1.78. The molecular weight excluding hydrogens is 251 g/mol. The predicted molar refractivity (Wildman–Crippen MR) is 52.7 cm³/mol. The molecule has 1 aliphatic carbocycles. The zero-order valence-electron chi connectivity index (χ0n) is 6.52. The molecule has 0 fully saturated rings. The topological polar surface area (TPSA) is 28.7 Å². The van der Waals surface area contributed by atoms with Crippen molar-refractivity contribution in [3.05, 3.63) is 15.0 Å². The lowest BCUT2D eigenvalue weighted by Gasteiger charge is -2.17. The van der Waals surface area contributed by atoms with Crippen molar-refractivity contribution in [3.8, 4) is 0 Å². The predicted octanol–water partition coefficient (Wildman–Crippen LogP) is 2.45. The van der Waals surface area contributed by atoms with E-state index in [1.165, 1.54) is 34.2 Å². The van der Waals surface area contributed by atoms with Gasteiger partial charge in [-0.2, -0.15) is 5.10 Å². The molecule has 1 atom stereocenters. The first-order chi connectivity index (χ1) is 5.29. The Bertz CT molecular complexity index is 267. The smallest absolute Gasteiger partial charge is 0.126 e. The van der Waals surface area contributed by atoms with Crippen molar-refractivity contribution in [1.29, 1.82) is 0 Å². The van der Waals surface area contributed by atoms with Crippen LogP contribution >= 0.6 is 22.6 Å². The Balaban J connectivity index is 2.48.